The van der Waals surface area contributed by atoms with E-state index in [2.05, 4.69) is 0 Å². The zero-order valence-corrected chi connectivity index (χ0v) is 11.4. The summed E-state index contributed by atoms with van der Waals surface area (Å²) in [5.41, 5.74) is 1.34. The van der Waals surface area contributed by atoms with E-state index in [1.54, 1.807) is 31.2 Å². The first kappa shape index (κ1) is 14.6. The number of phenols is 1. The molecular weight excluding hydrogens is 272 g/mol. The smallest absolute Gasteiger partial charge is 0.342 e. The average molecular weight is 286 g/mol. The molecule has 0 spiro atoms. The fraction of sp³-hybridized carbons (Fsp3) is 0.125. The first-order chi connectivity index (χ1) is 10.0. The van der Waals surface area contributed by atoms with Crippen LogP contribution in [0.2, 0.25) is 0 Å². The second-order valence-corrected chi connectivity index (χ2v) is 4.30. The molecule has 0 aromatic heterocycles. The Morgan fingerprint density at radius 3 is 2.33 bits per heavy atom. The number of carbonyl (C=O) groups excluding carboxylic acids is 1. The molecule has 108 valence electrons. The zero-order chi connectivity index (χ0) is 15.4. The van der Waals surface area contributed by atoms with E-state index in [-0.39, 0.29) is 23.5 Å². The van der Waals surface area contributed by atoms with Gasteiger partial charge in [-0.15, -0.1) is 0 Å². The highest BCUT2D eigenvalue weighted by molar-refractivity contribution is 6.00. The van der Waals surface area contributed by atoms with Crippen LogP contribution < -0.4 is 0 Å². The molecule has 0 radical (unpaired) electrons. The topological polar surface area (TPSA) is 83.8 Å². The van der Waals surface area contributed by atoms with Gasteiger partial charge >= 0.3 is 11.9 Å². The maximum Gasteiger partial charge on any atom is 0.342 e. The molecule has 5 heteroatoms. The third kappa shape index (κ3) is 3.02. The molecule has 0 aliphatic heterocycles. The Kier molecular flexibility index (Phi) is 4.23. The highest BCUT2D eigenvalue weighted by Crippen LogP contribution is 2.30. The predicted molar refractivity (Wildman–Crippen MR) is 76.5 cm³/mol. The number of carboxylic acid groups (broad SMARTS) is 1. The summed E-state index contributed by atoms with van der Waals surface area (Å²) in [6.45, 7) is 1.88. The lowest BCUT2D eigenvalue weighted by Crippen LogP contribution is -2.07. The number of aromatic hydroxyl groups is 1. The van der Waals surface area contributed by atoms with Crippen molar-refractivity contribution >= 4 is 11.9 Å². The number of aromatic carboxylic acids is 1. The van der Waals surface area contributed by atoms with Crippen molar-refractivity contribution < 1.29 is 24.5 Å². The lowest BCUT2D eigenvalue weighted by molar-refractivity contribution is 0.0523. The maximum atomic E-state index is 12.0. The lowest BCUT2D eigenvalue weighted by Gasteiger charge is -2.11. The molecule has 2 aromatic carbocycles. The molecule has 0 heterocycles. The van der Waals surface area contributed by atoms with Gasteiger partial charge in [-0.3, -0.25) is 0 Å². The quantitative estimate of drug-likeness (QED) is 0.844. The van der Waals surface area contributed by atoms with Gasteiger partial charge < -0.3 is 14.9 Å². The van der Waals surface area contributed by atoms with Crippen molar-refractivity contribution in [1.82, 2.24) is 0 Å². The van der Waals surface area contributed by atoms with Gasteiger partial charge in [-0.25, -0.2) is 9.59 Å². The van der Waals surface area contributed by atoms with Crippen molar-refractivity contribution in [3.8, 4) is 16.9 Å². The zero-order valence-electron chi connectivity index (χ0n) is 11.4. The number of carbonyl (C=O) groups is 2. The molecule has 0 amide bonds. The molecule has 0 unspecified atom stereocenters. The van der Waals surface area contributed by atoms with E-state index >= 15 is 0 Å². The van der Waals surface area contributed by atoms with Gasteiger partial charge in [-0.1, -0.05) is 24.3 Å². The summed E-state index contributed by atoms with van der Waals surface area (Å²) < 4.78 is 4.94. The molecule has 0 saturated carbocycles. The maximum absolute atomic E-state index is 12.0. The third-order valence-electron chi connectivity index (χ3n) is 2.96. The van der Waals surface area contributed by atoms with Gasteiger partial charge in [-0.05, 0) is 36.2 Å². The number of hydrogen-bond donors (Lipinski definition) is 2. The molecule has 0 atom stereocenters. The fourth-order valence-electron chi connectivity index (χ4n) is 1.99. The fourth-order valence-corrected chi connectivity index (χ4v) is 1.99. The van der Waals surface area contributed by atoms with Crippen LogP contribution in [0.3, 0.4) is 0 Å². The Balaban J connectivity index is 2.50. The molecule has 0 fully saturated rings. The molecule has 5 nitrogen and oxygen atoms in total. The number of rotatable bonds is 4. The van der Waals surface area contributed by atoms with Gasteiger partial charge in [0.05, 0.1) is 12.2 Å². The van der Waals surface area contributed by atoms with Gasteiger partial charge in [0.15, 0.2) is 0 Å². The van der Waals surface area contributed by atoms with E-state index in [0.29, 0.717) is 11.1 Å². The van der Waals surface area contributed by atoms with Crippen LogP contribution in [0.15, 0.2) is 42.5 Å². The predicted octanol–water partition coefficient (Wildman–Crippen LogP) is 2.93. The van der Waals surface area contributed by atoms with Gasteiger partial charge in [-0.2, -0.15) is 0 Å². The van der Waals surface area contributed by atoms with Crippen molar-refractivity contribution in [2.45, 2.75) is 6.92 Å². The van der Waals surface area contributed by atoms with Crippen LogP contribution in [-0.4, -0.2) is 28.8 Å². The van der Waals surface area contributed by atoms with Crippen molar-refractivity contribution in [1.29, 1.82) is 0 Å². The average Bonchev–Trinajstić information content (AvgIpc) is 2.47. The van der Waals surface area contributed by atoms with E-state index in [1.807, 2.05) is 0 Å². The second-order valence-electron chi connectivity index (χ2n) is 4.30. The summed E-state index contributed by atoms with van der Waals surface area (Å²) in [5.74, 6) is -1.82. The highest BCUT2D eigenvalue weighted by Gasteiger charge is 2.18. The summed E-state index contributed by atoms with van der Waals surface area (Å²) in [6.07, 6.45) is 0. The Morgan fingerprint density at radius 2 is 1.76 bits per heavy atom. The third-order valence-corrected chi connectivity index (χ3v) is 2.96. The first-order valence-corrected chi connectivity index (χ1v) is 6.37. The van der Waals surface area contributed by atoms with Gasteiger partial charge in [0, 0.05) is 0 Å². The molecule has 0 saturated heterocycles. The van der Waals surface area contributed by atoms with Crippen molar-refractivity contribution in [3.63, 3.8) is 0 Å². The summed E-state index contributed by atoms with van der Waals surface area (Å²) in [6, 6.07) is 10.7. The number of hydrogen-bond acceptors (Lipinski definition) is 4. The minimum atomic E-state index is -1.02. The molecule has 0 aliphatic rings. The molecule has 2 aromatic rings. The van der Waals surface area contributed by atoms with Crippen LogP contribution >= 0.6 is 0 Å². The molecular formula is C16H14O5. The summed E-state index contributed by atoms with van der Waals surface area (Å²) >= 11 is 0. The Labute approximate surface area is 121 Å². The molecule has 21 heavy (non-hydrogen) atoms. The van der Waals surface area contributed by atoms with Crippen LogP contribution in [0.25, 0.3) is 11.1 Å². The van der Waals surface area contributed by atoms with Crippen molar-refractivity contribution in [2.24, 2.45) is 0 Å². The number of phenolic OH excluding ortho intramolecular Hbond substituents is 1. The standard InChI is InChI=1S/C16H14O5/c1-2-21-16(20)14-12(4-3-5-13(14)17)10-6-8-11(9-7-10)15(18)19/h3-9,17H,2H2,1H3,(H,18,19). The van der Waals surface area contributed by atoms with Crippen LogP contribution in [0, 0.1) is 0 Å². The minimum absolute atomic E-state index is 0.0717. The van der Waals surface area contributed by atoms with Crippen LogP contribution in [-0.2, 0) is 4.74 Å². The number of esters is 1. The van der Waals surface area contributed by atoms with Crippen molar-refractivity contribution in [2.75, 3.05) is 6.61 Å². The molecule has 0 bridgehead atoms. The second kappa shape index (κ2) is 6.09. The van der Waals surface area contributed by atoms with Crippen LogP contribution in [0.4, 0.5) is 0 Å². The Morgan fingerprint density at radius 1 is 1.10 bits per heavy atom. The summed E-state index contributed by atoms with van der Waals surface area (Å²) in [4.78, 5) is 22.8. The number of carboxylic acids is 1. The SMILES string of the molecule is CCOC(=O)c1c(O)cccc1-c1ccc(C(=O)O)cc1. The first-order valence-electron chi connectivity index (χ1n) is 6.37. The highest BCUT2D eigenvalue weighted by atomic mass is 16.5. The van der Waals surface area contributed by atoms with Gasteiger partial charge in [0.25, 0.3) is 0 Å². The summed E-state index contributed by atoms with van der Waals surface area (Å²) in [5, 5.41) is 18.8. The molecule has 0 aliphatic carbocycles. The van der Waals surface area contributed by atoms with E-state index in [0.717, 1.165) is 0 Å². The Hall–Kier alpha value is -2.82. The van der Waals surface area contributed by atoms with E-state index in [1.165, 1.54) is 18.2 Å². The van der Waals surface area contributed by atoms with Gasteiger partial charge in [0.2, 0.25) is 0 Å². The summed E-state index contributed by atoms with van der Waals surface area (Å²) in [7, 11) is 0. The number of ether oxygens (including phenoxy) is 1. The normalized spacial score (nSPS) is 10.1. The van der Waals surface area contributed by atoms with E-state index < -0.39 is 11.9 Å². The minimum Gasteiger partial charge on any atom is -0.507 e. The monoisotopic (exact) mass is 286 g/mol. The molecule has 2 rings (SSSR count). The van der Waals surface area contributed by atoms with Crippen molar-refractivity contribution in [3.05, 3.63) is 53.6 Å². The van der Waals surface area contributed by atoms with Crippen LogP contribution in [0.1, 0.15) is 27.6 Å². The Bertz CT molecular complexity index is 674. The lowest BCUT2D eigenvalue weighted by atomic mass is 9.98. The molecule has 2 N–H and O–H groups in total. The van der Waals surface area contributed by atoms with E-state index in [9.17, 15) is 14.7 Å². The van der Waals surface area contributed by atoms with Gasteiger partial charge in [0.1, 0.15) is 11.3 Å². The van der Waals surface area contributed by atoms with Crippen LogP contribution in [0.5, 0.6) is 5.75 Å². The largest absolute Gasteiger partial charge is 0.507 e. The number of benzene rings is 2. The van der Waals surface area contributed by atoms with E-state index in [4.69, 9.17) is 9.84 Å².